The van der Waals surface area contributed by atoms with Gasteiger partial charge in [-0.25, -0.2) is 23.5 Å². The molecule has 14 heteroatoms. The third kappa shape index (κ3) is 10.5. The summed E-state index contributed by atoms with van der Waals surface area (Å²) in [6.07, 6.45) is -1.37. The van der Waals surface area contributed by atoms with E-state index in [9.17, 15) is 26.7 Å². The lowest BCUT2D eigenvalue weighted by Crippen LogP contribution is -2.21. The molecule has 4 aromatic rings. The summed E-state index contributed by atoms with van der Waals surface area (Å²) < 4.78 is 67.4. The van der Waals surface area contributed by atoms with Crippen molar-refractivity contribution in [2.24, 2.45) is 0 Å². The van der Waals surface area contributed by atoms with Crippen molar-refractivity contribution in [2.45, 2.75) is 32.0 Å². The van der Waals surface area contributed by atoms with E-state index in [0.717, 1.165) is 17.3 Å². The van der Waals surface area contributed by atoms with Crippen molar-refractivity contribution < 1.29 is 31.5 Å². The van der Waals surface area contributed by atoms with Gasteiger partial charge < -0.3 is 26.2 Å². The monoisotopic (exact) mass is 634 g/mol. The molecule has 4 rings (SSSR count). The Balaban J connectivity index is 0.00000152. The van der Waals surface area contributed by atoms with Gasteiger partial charge >= 0.3 is 12.2 Å². The first-order valence-electron chi connectivity index (χ1n) is 12.7. The second kappa shape index (κ2) is 18.0. The van der Waals surface area contributed by atoms with Gasteiger partial charge in [-0.05, 0) is 73.5 Å². The Kier molecular flexibility index (Phi) is 15.2. The highest BCUT2D eigenvalue weighted by atomic mass is 32.2. The first kappa shape index (κ1) is 37.2. The Hall–Kier alpha value is -4.85. The standard InChI is InChI=1S/C26H20F5N5OS.C2H6.CH3N.CH2O/c1-14-4-3-5-17(10-14)33-24-32-13-18(23(36-24)38-2)15-6-9-21(20(28)11-15)34-25(37)35-22-12-16(26(29,30)31)7-8-19(22)27;3*1-2/h3-13H,1-2H3,(H,32,33,36)(H2,34,35,37);1-2H3;2H,1H2;1H2. The zero-order chi connectivity index (χ0) is 33.4. The minimum atomic E-state index is -4.73. The number of urea groups is 1. The fraction of sp³-hybridized carbons (Fsp3) is 0.167. The highest BCUT2D eigenvalue weighted by Gasteiger charge is 2.31. The molecule has 1 aromatic heterocycles. The van der Waals surface area contributed by atoms with Crippen molar-refractivity contribution in [1.82, 2.24) is 9.97 Å². The van der Waals surface area contributed by atoms with Crippen LogP contribution < -0.4 is 16.0 Å². The van der Waals surface area contributed by atoms with Crippen LogP contribution in [0.2, 0.25) is 0 Å². The summed E-state index contributed by atoms with van der Waals surface area (Å²) in [5.74, 6) is -1.54. The molecule has 0 aliphatic rings. The Morgan fingerprint density at radius 3 is 2.16 bits per heavy atom. The summed E-state index contributed by atoms with van der Waals surface area (Å²) in [6, 6.07) is 12.1. The molecule has 0 bridgehead atoms. The van der Waals surface area contributed by atoms with E-state index in [1.807, 2.05) is 63.4 Å². The third-order valence-electron chi connectivity index (χ3n) is 5.29. The highest BCUT2D eigenvalue weighted by molar-refractivity contribution is 7.98. The van der Waals surface area contributed by atoms with Crippen molar-refractivity contribution in [3.63, 3.8) is 0 Å². The van der Waals surface area contributed by atoms with Crippen LogP contribution in [0, 0.1) is 24.0 Å². The number of carbonyl (C=O) groups is 2. The number of alkyl halides is 3. The first-order valence-corrected chi connectivity index (χ1v) is 13.9. The molecule has 234 valence electrons. The smallest absolute Gasteiger partial charge is 0.324 e. The van der Waals surface area contributed by atoms with E-state index in [0.29, 0.717) is 40.3 Å². The predicted octanol–water partition coefficient (Wildman–Crippen LogP) is 8.97. The number of halogens is 5. The van der Waals surface area contributed by atoms with Crippen molar-refractivity contribution in [3.05, 3.63) is 89.6 Å². The maximum atomic E-state index is 14.8. The van der Waals surface area contributed by atoms with Crippen molar-refractivity contribution in [2.75, 3.05) is 22.2 Å². The molecule has 4 N–H and O–H groups in total. The number of carbonyl (C=O) groups excluding carboxylic acids is 2. The highest BCUT2D eigenvalue weighted by Crippen LogP contribution is 2.33. The van der Waals surface area contributed by atoms with Gasteiger partial charge in [0.2, 0.25) is 5.95 Å². The van der Waals surface area contributed by atoms with Crippen LogP contribution in [0.4, 0.5) is 49.8 Å². The van der Waals surface area contributed by atoms with E-state index in [1.165, 1.54) is 23.9 Å². The summed E-state index contributed by atoms with van der Waals surface area (Å²) >= 11 is 1.34. The molecule has 0 saturated carbocycles. The van der Waals surface area contributed by atoms with Gasteiger partial charge in [0.05, 0.1) is 16.9 Å². The van der Waals surface area contributed by atoms with Crippen LogP contribution in [0.1, 0.15) is 25.0 Å². The topological polar surface area (TPSA) is 120 Å². The van der Waals surface area contributed by atoms with Crippen LogP contribution in [0.3, 0.4) is 0 Å². The van der Waals surface area contributed by atoms with E-state index in [-0.39, 0.29) is 5.69 Å². The molecule has 3 aromatic carbocycles. The zero-order valence-electron chi connectivity index (χ0n) is 24.3. The summed E-state index contributed by atoms with van der Waals surface area (Å²) in [6.45, 7) is 10.5. The zero-order valence-corrected chi connectivity index (χ0v) is 25.1. The Bertz CT molecular complexity index is 1540. The number of nitrogens with one attached hydrogen (secondary N) is 4. The van der Waals surface area contributed by atoms with Crippen LogP contribution in [0.25, 0.3) is 11.1 Å². The van der Waals surface area contributed by atoms with E-state index in [4.69, 9.17) is 10.2 Å². The number of hydrogen-bond donors (Lipinski definition) is 4. The van der Waals surface area contributed by atoms with E-state index in [1.54, 1.807) is 6.20 Å². The number of amides is 2. The minimum absolute atomic E-state index is 0.261. The Morgan fingerprint density at radius 2 is 1.57 bits per heavy atom. The minimum Gasteiger partial charge on any atom is -0.324 e. The molecule has 0 radical (unpaired) electrons. The molecule has 0 saturated heterocycles. The molecule has 0 aliphatic carbocycles. The Labute approximate surface area is 256 Å². The molecular weight excluding hydrogens is 603 g/mol. The van der Waals surface area contributed by atoms with E-state index in [2.05, 4.69) is 27.3 Å². The molecule has 0 atom stereocenters. The van der Waals surface area contributed by atoms with Crippen LogP contribution in [0.5, 0.6) is 0 Å². The second-order valence-electron chi connectivity index (χ2n) is 8.08. The fourth-order valence-electron chi connectivity index (χ4n) is 3.49. The predicted molar refractivity (Wildman–Crippen MR) is 166 cm³/mol. The summed E-state index contributed by atoms with van der Waals surface area (Å²) in [5.41, 5.74) is 0.760. The van der Waals surface area contributed by atoms with Crippen molar-refractivity contribution >= 4 is 54.3 Å². The molecule has 0 fully saturated rings. The van der Waals surface area contributed by atoms with Gasteiger partial charge in [0.15, 0.2) is 0 Å². The van der Waals surface area contributed by atoms with Crippen molar-refractivity contribution in [1.29, 1.82) is 5.41 Å². The molecular formula is C30H31F5N6O2S. The van der Waals surface area contributed by atoms with E-state index < -0.39 is 35.1 Å². The fourth-order valence-corrected chi connectivity index (χ4v) is 4.06. The number of anilines is 4. The van der Waals surface area contributed by atoms with Crippen LogP contribution in [0.15, 0.2) is 71.9 Å². The largest absolute Gasteiger partial charge is 0.416 e. The average Bonchev–Trinajstić information content (AvgIpc) is 3.01. The van der Waals surface area contributed by atoms with Crippen LogP contribution >= 0.6 is 11.8 Å². The van der Waals surface area contributed by atoms with Crippen molar-refractivity contribution in [3.8, 4) is 11.1 Å². The molecule has 1 heterocycles. The average molecular weight is 635 g/mol. The lowest BCUT2D eigenvalue weighted by molar-refractivity contribution is -0.137. The second-order valence-corrected chi connectivity index (χ2v) is 8.87. The number of aromatic nitrogens is 2. The molecule has 0 spiro atoms. The molecule has 0 aliphatic heterocycles. The molecule has 0 unspecified atom stereocenters. The van der Waals surface area contributed by atoms with Gasteiger partial charge in [-0.2, -0.15) is 13.2 Å². The summed E-state index contributed by atoms with van der Waals surface area (Å²) in [4.78, 5) is 29.1. The molecule has 44 heavy (non-hydrogen) atoms. The van der Waals surface area contributed by atoms with Crippen LogP contribution in [-0.4, -0.2) is 35.8 Å². The quantitative estimate of drug-likeness (QED) is 0.0728. The summed E-state index contributed by atoms with van der Waals surface area (Å²) in [5, 5.41) is 13.3. The SMILES string of the molecule is C=N.C=O.CC.CSc1nc(Nc2cccc(C)c2)ncc1-c1ccc(NC(=O)Nc2cc(C(F)(F)F)ccc2F)c(F)c1. The molecule has 8 nitrogen and oxygen atoms in total. The van der Waals surface area contributed by atoms with Gasteiger partial charge in [0.1, 0.15) is 23.4 Å². The number of hydrogen-bond acceptors (Lipinski definition) is 7. The lowest BCUT2D eigenvalue weighted by Gasteiger charge is -2.13. The molecule has 2 amide bonds. The first-order chi connectivity index (χ1) is 21.0. The van der Waals surface area contributed by atoms with Crippen LogP contribution in [-0.2, 0) is 11.0 Å². The van der Waals surface area contributed by atoms with Gasteiger partial charge in [0, 0.05) is 17.4 Å². The van der Waals surface area contributed by atoms with E-state index >= 15 is 0 Å². The number of rotatable bonds is 6. The number of benzene rings is 3. The Morgan fingerprint density at radius 1 is 0.909 bits per heavy atom. The number of thioether (sulfide) groups is 1. The number of nitrogens with zero attached hydrogens (tertiary/aromatic N) is 2. The van der Waals surface area contributed by atoms with Gasteiger partial charge in [-0.1, -0.05) is 32.0 Å². The maximum absolute atomic E-state index is 14.8. The number of aryl methyl sites for hydroxylation is 1. The van der Waals surface area contributed by atoms with Gasteiger partial charge in [-0.15, -0.1) is 11.8 Å². The maximum Gasteiger partial charge on any atom is 0.416 e. The van der Waals surface area contributed by atoms with Gasteiger partial charge in [0.25, 0.3) is 0 Å². The van der Waals surface area contributed by atoms with Gasteiger partial charge in [-0.3, -0.25) is 0 Å². The normalized spacial score (nSPS) is 10.0. The lowest BCUT2D eigenvalue weighted by atomic mass is 10.1. The summed E-state index contributed by atoms with van der Waals surface area (Å²) in [7, 11) is 0. The third-order valence-corrected chi connectivity index (χ3v) is 5.99.